The largest absolute Gasteiger partial charge is 0.384 e. The Kier molecular flexibility index (Phi) is 3.30. The molecular formula is C14H21N. The average Bonchev–Trinajstić information content (AvgIpc) is 2.65. The van der Waals surface area contributed by atoms with Gasteiger partial charge in [-0.2, -0.15) is 0 Å². The predicted molar refractivity (Wildman–Crippen MR) is 66.4 cm³/mol. The number of rotatable bonds is 4. The van der Waals surface area contributed by atoms with E-state index in [1.807, 2.05) is 0 Å². The zero-order valence-corrected chi connectivity index (χ0v) is 9.84. The van der Waals surface area contributed by atoms with Crippen molar-refractivity contribution in [3.63, 3.8) is 0 Å². The van der Waals surface area contributed by atoms with Crippen LogP contribution in [-0.4, -0.2) is 6.54 Å². The van der Waals surface area contributed by atoms with Gasteiger partial charge in [0.15, 0.2) is 0 Å². The van der Waals surface area contributed by atoms with Crippen LogP contribution in [0.1, 0.15) is 37.8 Å². The molecule has 1 aliphatic rings. The number of aryl methyl sites for hydroxylation is 1. The Morgan fingerprint density at radius 2 is 2.20 bits per heavy atom. The summed E-state index contributed by atoms with van der Waals surface area (Å²) in [6, 6.07) is 6.73. The van der Waals surface area contributed by atoms with Crippen LogP contribution in [0.5, 0.6) is 0 Å². The molecule has 1 N–H and O–H groups in total. The van der Waals surface area contributed by atoms with E-state index in [2.05, 4.69) is 37.4 Å². The lowest BCUT2D eigenvalue weighted by Crippen LogP contribution is -1.97. The summed E-state index contributed by atoms with van der Waals surface area (Å²) in [5.41, 5.74) is 4.46. The normalized spacial score (nSPS) is 14.1. The molecule has 82 valence electrons. The molecular weight excluding hydrogens is 182 g/mol. The van der Waals surface area contributed by atoms with Crippen LogP contribution in [0.4, 0.5) is 5.69 Å². The summed E-state index contributed by atoms with van der Waals surface area (Å²) in [5, 5.41) is 3.51. The van der Waals surface area contributed by atoms with Crippen molar-refractivity contribution in [3.8, 4) is 0 Å². The standard InChI is InChI=1S/C14H21N/c1-11(2)5-3-6-12-7-4-8-13-9-10-15-14(12)13/h4,7-8,11,15H,3,5-6,9-10H2,1-2H3. The number of fused-ring (bicyclic) bond motifs is 1. The lowest BCUT2D eigenvalue weighted by Gasteiger charge is -2.09. The fourth-order valence-corrected chi connectivity index (χ4v) is 2.32. The number of nitrogens with one attached hydrogen (secondary N) is 1. The molecule has 1 aromatic carbocycles. The van der Waals surface area contributed by atoms with Crippen molar-refractivity contribution in [3.05, 3.63) is 29.3 Å². The summed E-state index contributed by atoms with van der Waals surface area (Å²) < 4.78 is 0. The minimum atomic E-state index is 0.828. The summed E-state index contributed by atoms with van der Waals surface area (Å²) in [6.07, 6.45) is 5.08. The Balaban J connectivity index is 2.00. The van der Waals surface area contributed by atoms with Gasteiger partial charge in [0.25, 0.3) is 0 Å². The third kappa shape index (κ3) is 2.53. The van der Waals surface area contributed by atoms with Crippen LogP contribution in [0.3, 0.4) is 0 Å². The maximum Gasteiger partial charge on any atom is 0.0406 e. The van der Waals surface area contributed by atoms with Gasteiger partial charge in [0.1, 0.15) is 0 Å². The van der Waals surface area contributed by atoms with Crippen molar-refractivity contribution >= 4 is 5.69 Å². The second-order valence-electron chi connectivity index (χ2n) is 4.91. The molecule has 0 saturated heterocycles. The topological polar surface area (TPSA) is 12.0 Å². The van der Waals surface area contributed by atoms with Crippen LogP contribution in [-0.2, 0) is 12.8 Å². The van der Waals surface area contributed by atoms with Crippen molar-refractivity contribution in [1.82, 2.24) is 0 Å². The number of hydrogen-bond donors (Lipinski definition) is 1. The molecule has 1 aromatic rings. The number of para-hydroxylation sites is 1. The first-order chi connectivity index (χ1) is 7.27. The van der Waals surface area contributed by atoms with Gasteiger partial charge in [-0.25, -0.2) is 0 Å². The Hall–Kier alpha value is -0.980. The Morgan fingerprint density at radius 3 is 3.00 bits per heavy atom. The Morgan fingerprint density at radius 1 is 1.33 bits per heavy atom. The molecule has 0 fully saturated rings. The van der Waals surface area contributed by atoms with Gasteiger partial charge in [-0.3, -0.25) is 0 Å². The van der Waals surface area contributed by atoms with E-state index in [0.29, 0.717) is 0 Å². The van der Waals surface area contributed by atoms with Crippen molar-refractivity contribution in [1.29, 1.82) is 0 Å². The zero-order valence-electron chi connectivity index (χ0n) is 9.84. The van der Waals surface area contributed by atoms with E-state index in [1.54, 1.807) is 0 Å². The molecule has 0 unspecified atom stereocenters. The van der Waals surface area contributed by atoms with Crippen molar-refractivity contribution in [2.45, 2.75) is 39.5 Å². The quantitative estimate of drug-likeness (QED) is 0.788. The van der Waals surface area contributed by atoms with E-state index >= 15 is 0 Å². The smallest absolute Gasteiger partial charge is 0.0406 e. The van der Waals surface area contributed by atoms with Gasteiger partial charge in [-0.1, -0.05) is 38.5 Å². The third-order valence-electron chi connectivity index (χ3n) is 3.16. The van der Waals surface area contributed by atoms with Gasteiger partial charge in [0, 0.05) is 12.2 Å². The SMILES string of the molecule is CC(C)CCCc1cccc2c1NCC2. The van der Waals surface area contributed by atoms with Crippen LogP contribution in [0, 0.1) is 5.92 Å². The number of anilines is 1. The van der Waals surface area contributed by atoms with Gasteiger partial charge in [0.2, 0.25) is 0 Å². The molecule has 1 heteroatoms. The summed E-state index contributed by atoms with van der Waals surface area (Å²) in [4.78, 5) is 0. The Labute approximate surface area is 92.9 Å². The summed E-state index contributed by atoms with van der Waals surface area (Å²) in [6.45, 7) is 5.72. The molecule has 1 nitrogen and oxygen atoms in total. The molecule has 0 spiro atoms. The average molecular weight is 203 g/mol. The van der Waals surface area contributed by atoms with E-state index in [9.17, 15) is 0 Å². The monoisotopic (exact) mass is 203 g/mol. The third-order valence-corrected chi connectivity index (χ3v) is 3.16. The molecule has 0 saturated carbocycles. The second kappa shape index (κ2) is 4.69. The van der Waals surface area contributed by atoms with Crippen LogP contribution >= 0.6 is 0 Å². The maximum atomic E-state index is 3.51. The predicted octanol–water partition coefficient (Wildman–Crippen LogP) is 3.63. The second-order valence-corrected chi connectivity index (χ2v) is 4.91. The lowest BCUT2D eigenvalue weighted by atomic mass is 9.99. The first-order valence-electron chi connectivity index (χ1n) is 6.12. The zero-order chi connectivity index (χ0) is 10.7. The fourth-order valence-electron chi connectivity index (χ4n) is 2.32. The Bertz CT molecular complexity index is 328. The van der Waals surface area contributed by atoms with Crippen molar-refractivity contribution in [2.24, 2.45) is 5.92 Å². The molecule has 0 aromatic heterocycles. The molecule has 2 rings (SSSR count). The van der Waals surface area contributed by atoms with Gasteiger partial charge < -0.3 is 5.32 Å². The first-order valence-corrected chi connectivity index (χ1v) is 6.12. The van der Waals surface area contributed by atoms with Gasteiger partial charge in [0.05, 0.1) is 0 Å². The maximum absolute atomic E-state index is 3.51. The first kappa shape index (κ1) is 10.5. The van der Waals surface area contributed by atoms with E-state index in [-0.39, 0.29) is 0 Å². The fraction of sp³-hybridized carbons (Fsp3) is 0.571. The van der Waals surface area contributed by atoms with E-state index < -0.39 is 0 Å². The highest BCUT2D eigenvalue weighted by Crippen LogP contribution is 2.27. The minimum Gasteiger partial charge on any atom is -0.384 e. The van der Waals surface area contributed by atoms with Crippen LogP contribution in [0.15, 0.2) is 18.2 Å². The summed E-state index contributed by atoms with van der Waals surface area (Å²) in [5.74, 6) is 0.828. The van der Waals surface area contributed by atoms with E-state index in [4.69, 9.17) is 0 Å². The van der Waals surface area contributed by atoms with Crippen LogP contribution in [0.25, 0.3) is 0 Å². The summed E-state index contributed by atoms with van der Waals surface area (Å²) >= 11 is 0. The van der Waals surface area contributed by atoms with Crippen LogP contribution in [0.2, 0.25) is 0 Å². The van der Waals surface area contributed by atoms with E-state index in [0.717, 1.165) is 12.5 Å². The van der Waals surface area contributed by atoms with Gasteiger partial charge in [-0.05, 0) is 36.3 Å². The number of hydrogen-bond acceptors (Lipinski definition) is 1. The summed E-state index contributed by atoms with van der Waals surface area (Å²) in [7, 11) is 0. The van der Waals surface area contributed by atoms with Gasteiger partial charge in [-0.15, -0.1) is 0 Å². The highest BCUT2D eigenvalue weighted by Gasteiger charge is 2.12. The van der Waals surface area contributed by atoms with Crippen molar-refractivity contribution in [2.75, 3.05) is 11.9 Å². The molecule has 0 atom stereocenters. The minimum absolute atomic E-state index is 0.828. The molecule has 1 heterocycles. The van der Waals surface area contributed by atoms with E-state index in [1.165, 1.54) is 42.5 Å². The molecule has 1 aliphatic heterocycles. The lowest BCUT2D eigenvalue weighted by molar-refractivity contribution is 0.556. The highest BCUT2D eigenvalue weighted by molar-refractivity contribution is 5.61. The highest BCUT2D eigenvalue weighted by atomic mass is 14.9. The van der Waals surface area contributed by atoms with Gasteiger partial charge >= 0.3 is 0 Å². The number of benzene rings is 1. The molecule has 15 heavy (non-hydrogen) atoms. The van der Waals surface area contributed by atoms with Crippen LogP contribution < -0.4 is 5.32 Å². The molecule has 0 amide bonds. The molecule has 0 radical (unpaired) electrons. The van der Waals surface area contributed by atoms with Crippen molar-refractivity contribution < 1.29 is 0 Å². The molecule has 0 aliphatic carbocycles. The molecule has 0 bridgehead atoms.